The predicted octanol–water partition coefficient (Wildman–Crippen LogP) is 3.32. The molecule has 0 bridgehead atoms. The van der Waals surface area contributed by atoms with Crippen molar-refractivity contribution in [2.24, 2.45) is 0 Å². The van der Waals surface area contributed by atoms with Crippen LogP contribution in [0, 0.1) is 0 Å². The molecule has 0 unspecified atom stereocenters. The standard InChI is InChI=1S/C17H21NO3/c1-2-3-4-8-11-16(19)18-15(13-21-17(18)20)12-14-9-6-5-7-10-14/h2,5-7,9-10,15H,1,3-4,8,11-13H2/t15-/m0/s1. The first-order valence-electron chi connectivity index (χ1n) is 7.36. The number of imide groups is 1. The van der Waals surface area contributed by atoms with E-state index in [2.05, 4.69) is 6.58 Å². The van der Waals surface area contributed by atoms with Crippen molar-refractivity contribution in [2.75, 3.05) is 6.61 Å². The van der Waals surface area contributed by atoms with Crippen LogP contribution < -0.4 is 0 Å². The van der Waals surface area contributed by atoms with Crippen molar-refractivity contribution in [2.45, 2.75) is 38.1 Å². The monoisotopic (exact) mass is 287 g/mol. The van der Waals surface area contributed by atoms with Gasteiger partial charge in [-0.25, -0.2) is 9.69 Å². The Balaban J connectivity index is 1.93. The molecule has 1 aromatic rings. The second-order valence-electron chi connectivity index (χ2n) is 5.22. The molecule has 1 aliphatic heterocycles. The summed E-state index contributed by atoms with van der Waals surface area (Å²) in [4.78, 5) is 25.3. The topological polar surface area (TPSA) is 46.6 Å². The number of hydrogen-bond acceptors (Lipinski definition) is 3. The van der Waals surface area contributed by atoms with E-state index >= 15 is 0 Å². The molecule has 1 aliphatic rings. The third-order valence-electron chi connectivity index (χ3n) is 3.59. The Morgan fingerprint density at radius 1 is 1.33 bits per heavy atom. The molecule has 1 fully saturated rings. The third kappa shape index (κ3) is 4.18. The van der Waals surface area contributed by atoms with Crippen LogP contribution >= 0.6 is 0 Å². The van der Waals surface area contributed by atoms with Crippen LogP contribution in [0.4, 0.5) is 4.79 Å². The summed E-state index contributed by atoms with van der Waals surface area (Å²) in [5.74, 6) is -0.137. The summed E-state index contributed by atoms with van der Waals surface area (Å²) in [6, 6.07) is 9.66. The second kappa shape index (κ2) is 7.62. The van der Waals surface area contributed by atoms with Crippen molar-refractivity contribution in [3.05, 3.63) is 48.6 Å². The van der Waals surface area contributed by atoms with E-state index < -0.39 is 6.09 Å². The molecule has 2 rings (SSSR count). The minimum absolute atomic E-state index is 0.137. The molecule has 0 spiro atoms. The fourth-order valence-electron chi connectivity index (χ4n) is 2.49. The quantitative estimate of drug-likeness (QED) is 0.571. The van der Waals surface area contributed by atoms with Gasteiger partial charge < -0.3 is 4.74 Å². The summed E-state index contributed by atoms with van der Waals surface area (Å²) in [5, 5.41) is 0. The summed E-state index contributed by atoms with van der Waals surface area (Å²) < 4.78 is 5.05. The van der Waals surface area contributed by atoms with E-state index in [1.807, 2.05) is 36.4 Å². The first kappa shape index (κ1) is 15.3. The number of ether oxygens (including phenoxy) is 1. The highest BCUT2D eigenvalue weighted by Crippen LogP contribution is 2.19. The first-order valence-corrected chi connectivity index (χ1v) is 7.36. The Labute approximate surface area is 125 Å². The Bertz CT molecular complexity index is 498. The van der Waals surface area contributed by atoms with Gasteiger partial charge in [-0.2, -0.15) is 0 Å². The molecule has 1 heterocycles. The summed E-state index contributed by atoms with van der Waals surface area (Å²) >= 11 is 0. The average Bonchev–Trinajstić information content (AvgIpc) is 2.85. The van der Waals surface area contributed by atoms with Crippen LogP contribution in [0.5, 0.6) is 0 Å². The van der Waals surface area contributed by atoms with Crippen molar-refractivity contribution >= 4 is 12.0 Å². The Morgan fingerprint density at radius 2 is 2.10 bits per heavy atom. The smallest absolute Gasteiger partial charge is 0.416 e. The number of carbonyl (C=O) groups is 2. The van der Waals surface area contributed by atoms with Crippen LogP contribution in [-0.4, -0.2) is 29.5 Å². The number of rotatable bonds is 7. The molecule has 0 N–H and O–H groups in total. The number of cyclic esters (lactones) is 1. The number of unbranched alkanes of at least 4 members (excludes halogenated alkanes) is 2. The number of amides is 2. The van der Waals surface area contributed by atoms with Crippen molar-refractivity contribution in [3.8, 4) is 0 Å². The van der Waals surface area contributed by atoms with Gasteiger partial charge in [0, 0.05) is 6.42 Å². The van der Waals surface area contributed by atoms with Gasteiger partial charge >= 0.3 is 6.09 Å². The Kier molecular flexibility index (Phi) is 5.55. The fraction of sp³-hybridized carbons (Fsp3) is 0.412. The second-order valence-corrected chi connectivity index (χ2v) is 5.22. The largest absolute Gasteiger partial charge is 0.447 e. The van der Waals surface area contributed by atoms with Gasteiger partial charge in [0.1, 0.15) is 6.61 Å². The molecule has 0 aliphatic carbocycles. The molecule has 2 amide bonds. The zero-order chi connectivity index (χ0) is 15.1. The van der Waals surface area contributed by atoms with Crippen molar-refractivity contribution in [3.63, 3.8) is 0 Å². The lowest BCUT2D eigenvalue weighted by Gasteiger charge is -2.19. The minimum atomic E-state index is -0.510. The van der Waals surface area contributed by atoms with Gasteiger partial charge in [-0.3, -0.25) is 4.79 Å². The molecule has 0 aromatic heterocycles. The molecule has 1 saturated heterocycles. The van der Waals surface area contributed by atoms with Crippen LogP contribution in [-0.2, 0) is 16.0 Å². The molecule has 112 valence electrons. The molecule has 0 saturated carbocycles. The molecular weight excluding hydrogens is 266 g/mol. The highest BCUT2D eigenvalue weighted by atomic mass is 16.6. The van der Waals surface area contributed by atoms with E-state index in [1.54, 1.807) is 0 Å². The van der Waals surface area contributed by atoms with E-state index in [0.717, 1.165) is 24.8 Å². The van der Waals surface area contributed by atoms with Gasteiger partial charge in [0.25, 0.3) is 0 Å². The zero-order valence-corrected chi connectivity index (χ0v) is 12.2. The molecule has 21 heavy (non-hydrogen) atoms. The van der Waals surface area contributed by atoms with Crippen molar-refractivity contribution < 1.29 is 14.3 Å². The highest BCUT2D eigenvalue weighted by molar-refractivity contribution is 5.93. The van der Waals surface area contributed by atoms with Gasteiger partial charge in [-0.05, 0) is 31.2 Å². The molecular formula is C17H21NO3. The van der Waals surface area contributed by atoms with E-state index in [0.29, 0.717) is 12.8 Å². The Morgan fingerprint density at radius 3 is 2.81 bits per heavy atom. The van der Waals surface area contributed by atoms with Gasteiger partial charge in [0.05, 0.1) is 6.04 Å². The molecule has 0 radical (unpaired) electrons. The molecule has 1 aromatic carbocycles. The van der Waals surface area contributed by atoms with Crippen LogP contribution in [0.15, 0.2) is 43.0 Å². The maximum absolute atomic E-state index is 12.2. The van der Waals surface area contributed by atoms with Crippen molar-refractivity contribution in [1.29, 1.82) is 0 Å². The van der Waals surface area contributed by atoms with E-state index in [4.69, 9.17) is 4.74 Å². The van der Waals surface area contributed by atoms with Crippen LogP contribution in [0.25, 0.3) is 0 Å². The van der Waals surface area contributed by atoms with Crippen molar-refractivity contribution in [1.82, 2.24) is 4.90 Å². The highest BCUT2D eigenvalue weighted by Gasteiger charge is 2.37. The molecule has 4 heteroatoms. The molecule has 1 atom stereocenters. The first-order chi connectivity index (χ1) is 10.2. The number of benzene rings is 1. The van der Waals surface area contributed by atoms with Gasteiger partial charge in [0.15, 0.2) is 0 Å². The van der Waals surface area contributed by atoms with Crippen LogP contribution in [0.1, 0.15) is 31.2 Å². The zero-order valence-electron chi connectivity index (χ0n) is 12.2. The predicted molar refractivity (Wildman–Crippen MR) is 80.8 cm³/mol. The minimum Gasteiger partial charge on any atom is -0.447 e. The fourth-order valence-corrected chi connectivity index (χ4v) is 2.49. The van der Waals surface area contributed by atoms with Gasteiger partial charge in [0.2, 0.25) is 5.91 Å². The van der Waals surface area contributed by atoms with E-state index in [9.17, 15) is 9.59 Å². The van der Waals surface area contributed by atoms with Gasteiger partial charge in [-0.1, -0.05) is 36.4 Å². The lowest BCUT2D eigenvalue weighted by Crippen LogP contribution is -2.40. The maximum Gasteiger partial charge on any atom is 0.416 e. The third-order valence-corrected chi connectivity index (χ3v) is 3.59. The van der Waals surface area contributed by atoms with Crippen LogP contribution in [0.2, 0.25) is 0 Å². The van der Waals surface area contributed by atoms with E-state index in [1.165, 1.54) is 4.90 Å². The summed E-state index contributed by atoms with van der Waals surface area (Å²) in [5.41, 5.74) is 1.10. The Hall–Kier alpha value is -2.10. The van der Waals surface area contributed by atoms with Gasteiger partial charge in [-0.15, -0.1) is 6.58 Å². The summed E-state index contributed by atoms with van der Waals surface area (Å²) in [6.45, 7) is 3.94. The molecule has 4 nitrogen and oxygen atoms in total. The lowest BCUT2D eigenvalue weighted by molar-refractivity contribution is -0.129. The average molecular weight is 287 g/mol. The number of nitrogens with zero attached hydrogens (tertiary/aromatic N) is 1. The normalized spacial score (nSPS) is 17.6. The van der Waals surface area contributed by atoms with E-state index in [-0.39, 0.29) is 18.6 Å². The summed E-state index contributed by atoms with van der Waals surface area (Å²) in [6.07, 6.45) is 4.94. The maximum atomic E-state index is 12.2. The SMILES string of the molecule is C=CCCCCC(=O)N1C(=O)OC[C@@H]1Cc1ccccc1. The lowest BCUT2D eigenvalue weighted by atomic mass is 10.1. The number of carbonyl (C=O) groups excluding carboxylic acids is 2. The van der Waals surface area contributed by atoms with Crippen LogP contribution in [0.3, 0.4) is 0 Å². The summed E-state index contributed by atoms with van der Waals surface area (Å²) in [7, 11) is 0. The number of allylic oxidation sites excluding steroid dienone is 1. The number of hydrogen-bond donors (Lipinski definition) is 0.